The molecule has 88 valence electrons. The molecule has 1 N–H and O–H groups in total. The monoisotopic (exact) mass is 241 g/mol. The standard InChI is InChI=1S/C10H15N3O2S/c14-13(15)10-5-4-9(16-10)8-11-12-6-2-1-3-7-12/h4-5,11H,1-3,6-8H2. The van der Waals surface area contributed by atoms with Crippen molar-refractivity contribution in [1.29, 1.82) is 0 Å². The number of hydrazine groups is 1. The predicted molar refractivity (Wildman–Crippen MR) is 63.2 cm³/mol. The Kier molecular flexibility index (Phi) is 3.87. The molecule has 5 nitrogen and oxygen atoms in total. The summed E-state index contributed by atoms with van der Waals surface area (Å²) < 4.78 is 0. The second kappa shape index (κ2) is 5.38. The van der Waals surface area contributed by atoms with Crippen LogP contribution in [-0.4, -0.2) is 23.0 Å². The molecule has 0 unspecified atom stereocenters. The molecule has 16 heavy (non-hydrogen) atoms. The minimum atomic E-state index is -0.338. The first kappa shape index (κ1) is 11.5. The molecule has 6 heteroatoms. The molecule has 1 aliphatic rings. The molecule has 0 amide bonds. The van der Waals surface area contributed by atoms with Crippen molar-refractivity contribution < 1.29 is 4.92 Å². The Bertz CT molecular complexity index is 361. The molecule has 1 aliphatic heterocycles. The topological polar surface area (TPSA) is 58.4 Å². The third-order valence-corrected chi connectivity index (χ3v) is 3.70. The van der Waals surface area contributed by atoms with Crippen LogP contribution < -0.4 is 5.43 Å². The summed E-state index contributed by atoms with van der Waals surface area (Å²) in [5.41, 5.74) is 3.31. The van der Waals surface area contributed by atoms with Gasteiger partial charge in [0.25, 0.3) is 0 Å². The van der Waals surface area contributed by atoms with E-state index in [4.69, 9.17) is 0 Å². The normalized spacial score (nSPS) is 17.5. The van der Waals surface area contributed by atoms with Crippen LogP contribution in [0.5, 0.6) is 0 Å². The average molecular weight is 241 g/mol. The van der Waals surface area contributed by atoms with Crippen molar-refractivity contribution in [2.75, 3.05) is 13.1 Å². The summed E-state index contributed by atoms with van der Waals surface area (Å²) in [6.07, 6.45) is 3.78. The Hall–Kier alpha value is -0.980. The summed E-state index contributed by atoms with van der Waals surface area (Å²) in [5, 5.41) is 12.9. The van der Waals surface area contributed by atoms with Crippen molar-refractivity contribution in [2.45, 2.75) is 25.8 Å². The zero-order valence-electron chi connectivity index (χ0n) is 9.02. The zero-order valence-corrected chi connectivity index (χ0v) is 9.83. The van der Waals surface area contributed by atoms with Gasteiger partial charge >= 0.3 is 5.00 Å². The van der Waals surface area contributed by atoms with Crippen LogP contribution in [-0.2, 0) is 6.54 Å². The lowest BCUT2D eigenvalue weighted by Gasteiger charge is -2.26. The van der Waals surface area contributed by atoms with Crippen molar-refractivity contribution in [3.63, 3.8) is 0 Å². The van der Waals surface area contributed by atoms with E-state index in [0.717, 1.165) is 18.0 Å². The average Bonchev–Trinajstić information content (AvgIpc) is 2.76. The third-order valence-electron chi connectivity index (χ3n) is 2.66. The summed E-state index contributed by atoms with van der Waals surface area (Å²) in [4.78, 5) is 11.2. The number of nitrogens with one attached hydrogen (secondary N) is 1. The van der Waals surface area contributed by atoms with Crippen molar-refractivity contribution >= 4 is 16.3 Å². The van der Waals surface area contributed by atoms with Crippen LogP contribution in [0.2, 0.25) is 0 Å². The molecule has 1 saturated heterocycles. The van der Waals surface area contributed by atoms with Crippen molar-refractivity contribution in [1.82, 2.24) is 10.4 Å². The van der Waals surface area contributed by atoms with Crippen LogP contribution in [0.1, 0.15) is 24.1 Å². The van der Waals surface area contributed by atoms with E-state index in [1.54, 1.807) is 6.07 Å². The van der Waals surface area contributed by atoms with E-state index in [2.05, 4.69) is 10.4 Å². The van der Waals surface area contributed by atoms with Crippen molar-refractivity contribution in [3.8, 4) is 0 Å². The highest BCUT2D eigenvalue weighted by atomic mass is 32.1. The van der Waals surface area contributed by atoms with E-state index >= 15 is 0 Å². The van der Waals surface area contributed by atoms with Gasteiger partial charge in [-0.05, 0) is 18.9 Å². The maximum absolute atomic E-state index is 10.5. The van der Waals surface area contributed by atoms with Gasteiger partial charge in [-0.25, -0.2) is 10.4 Å². The number of nitro groups is 1. The minimum Gasteiger partial charge on any atom is -0.258 e. The van der Waals surface area contributed by atoms with Crippen LogP contribution in [0.4, 0.5) is 5.00 Å². The molecule has 1 fully saturated rings. The van der Waals surface area contributed by atoms with E-state index in [1.165, 1.54) is 30.6 Å². The fourth-order valence-electron chi connectivity index (χ4n) is 1.80. The Morgan fingerprint density at radius 3 is 2.75 bits per heavy atom. The smallest absolute Gasteiger partial charge is 0.258 e. The number of rotatable bonds is 4. The van der Waals surface area contributed by atoms with Gasteiger partial charge in [0.1, 0.15) is 0 Å². The first-order valence-electron chi connectivity index (χ1n) is 5.47. The van der Waals surface area contributed by atoms with Crippen LogP contribution in [0.25, 0.3) is 0 Å². The second-order valence-corrected chi connectivity index (χ2v) is 5.03. The maximum atomic E-state index is 10.5. The summed E-state index contributed by atoms with van der Waals surface area (Å²) in [7, 11) is 0. The van der Waals surface area contributed by atoms with E-state index in [9.17, 15) is 10.1 Å². The van der Waals surface area contributed by atoms with Gasteiger partial charge in [-0.15, -0.1) is 0 Å². The zero-order chi connectivity index (χ0) is 11.4. The van der Waals surface area contributed by atoms with E-state index in [-0.39, 0.29) is 9.92 Å². The summed E-state index contributed by atoms with van der Waals surface area (Å²) >= 11 is 1.24. The highest BCUT2D eigenvalue weighted by Gasteiger charge is 2.12. The molecule has 2 rings (SSSR count). The molecule has 1 aromatic heterocycles. The fraction of sp³-hybridized carbons (Fsp3) is 0.600. The first-order valence-corrected chi connectivity index (χ1v) is 6.29. The molecular formula is C10H15N3O2S. The van der Waals surface area contributed by atoms with Gasteiger partial charge in [0, 0.05) is 30.6 Å². The molecule has 0 saturated carbocycles. The fourth-order valence-corrected chi connectivity index (χ4v) is 2.55. The van der Waals surface area contributed by atoms with Gasteiger partial charge in [0.05, 0.1) is 4.92 Å². The quantitative estimate of drug-likeness (QED) is 0.648. The summed E-state index contributed by atoms with van der Waals surface area (Å²) in [5.74, 6) is 0. The van der Waals surface area contributed by atoms with Crippen LogP contribution >= 0.6 is 11.3 Å². The minimum absolute atomic E-state index is 0.218. The Labute approximate surface area is 98.2 Å². The lowest BCUT2D eigenvalue weighted by molar-refractivity contribution is -0.380. The number of piperidine rings is 1. The maximum Gasteiger partial charge on any atom is 0.324 e. The molecule has 0 bridgehead atoms. The number of nitrogens with zero attached hydrogens (tertiary/aromatic N) is 2. The number of hydrogen-bond acceptors (Lipinski definition) is 5. The first-order chi connectivity index (χ1) is 7.75. The van der Waals surface area contributed by atoms with E-state index in [1.807, 2.05) is 6.07 Å². The lowest BCUT2D eigenvalue weighted by atomic mass is 10.2. The predicted octanol–water partition coefficient (Wildman–Crippen LogP) is 2.15. The Balaban J connectivity index is 1.81. The highest BCUT2D eigenvalue weighted by Crippen LogP contribution is 2.23. The van der Waals surface area contributed by atoms with Gasteiger partial charge in [-0.3, -0.25) is 10.1 Å². The van der Waals surface area contributed by atoms with Gasteiger partial charge in [0.2, 0.25) is 0 Å². The lowest BCUT2D eigenvalue weighted by Crippen LogP contribution is -2.40. The second-order valence-electron chi connectivity index (χ2n) is 3.88. The number of thiophene rings is 1. The third kappa shape index (κ3) is 3.01. The van der Waals surface area contributed by atoms with Gasteiger partial charge in [-0.1, -0.05) is 17.8 Å². The van der Waals surface area contributed by atoms with Gasteiger partial charge in [-0.2, -0.15) is 0 Å². The van der Waals surface area contributed by atoms with Crippen LogP contribution in [0.3, 0.4) is 0 Å². The molecule has 0 spiro atoms. The highest BCUT2D eigenvalue weighted by molar-refractivity contribution is 7.15. The largest absolute Gasteiger partial charge is 0.324 e. The van der Waals surface area contributed by atoms with Crippen LogP contribution in [0.15, 0.2) is 12.1 Å². The van der Waals surface area contributed by atoms with Crippen molar-refractivity contribution in [2.24, 2.45) is 0 Å². The molecule has 0 atom stereocenters. The van der Waals surface area contributed by atoms with Gasteiger partial charge in [0.15, 0.2) is 0 Å². The van der Waals surface area contributed by atoms with Crippen molar-refractivity contribution in [3.05, 3.63) is 27.1 Å². The summed E-state index contributed by atoms with van der Waals surface area (Å²) in [6.45, 7) is 2.85. The molecular weight excluding hydrogens is 226 g/mol. The SMILES string of the molecule is O=[N+]([O-])c1ccc(CNN2CCCCC2)s1. The summed E-state index contributed by atoms with van der Waals surface area (Å²) in [6, 6.07) is 3.39. The van der Waals surface area contributed by atoms with E-state index in [0.29, 0.717) is 6.54 Å². The van der Waals surface area contributed by atoms with Gasteiger partial charge < -0.3 is 0 Å². The Morgan fingerprint density at radius 1 is 1.38 bits per heavy atom. The number of hydrogen-bond donors (Lipinski definition) is 1. The molecule has 0 aromatic carbocycles. The molecule has 2 heterocycles. The molecule has 0 aliphatic carbocycles. The van der Waals surface area contributed by atoms with E-state index < -0.39 is 0 Å². The molecule has 1 aromatic rings. The Morgan fingerprint density at radius 2 is 2.12 bits per heavy atom. The molecule has 0 radical (unpaired) electrons. The van der Waals surface area contributed by atoms with Crippen LogP contribution in [0, 0.1) is 10.1 Å².